The molecule has 11 nitrogen and oxygen atoms in total. The van der Waals surface area contributed by atoms with Crippen LogP contribution in [0.1, 0.15) is 186 Å². The Morgan fingerprint density at radius 3 is 1.68 bits per heavy atom. The Morgan fingerprint density at radius 2 is 1.21 bits per heavy atom. The fraction of sp³-hybridized carbons (Fsp3) is 0.812. The van der Waals surface area contributed by atoms with Gasteiger partial charge in [-0.3, -0.25) is 13.8 Å². The molecule has 1 heterocycles. The van der Waals surface area contributed by atoms with Crippen LogP contribution >= 0.6 is 7.82 Å². The number of benzene rings is 1. The Hall–Kier alpha value is -2.35. The highest BCUT2D eigenvalue weighted by molar-refractivity contribution is 7.47. The van der Waals surface area contributed by atoms with E-state index in [2.05, 4.69) is 29.4 Å². The van der Waals surface area contributed by atoms with E-state index in [1.165, 1.54) is 140 Å². The average molecular weight is 918 g/mol. The van der Waals surface area contributed by atoms with Gasteiger partial charge in [-0.1, -0.05) is 179 Å². The SMILES string of the molecule is CCCCCCCCCCCCC/C=C\[C@@H](O)[C@H](COP(=O)(O)OCC[N+](C)(C)CCOc1ccc(C2(C(F)(F)F)N=N2)cc1)NC(=O)CCCCCCCCCCCCCCC. The van der Waals surface area contributed by atoms with E-state index in [-0.39, 0.29) is 24.7 Å². The lowest BCUT2D eigenvalue weighted by Crippen LogP contribution is -2.46. The summed E-state index contributed by atoms with van der Waals surface area (Å²) in [5.74, 6) is 0.146. The van der Waals surface area contributed by atoms with Crippen molar-refractivity contribution in [3.63, 3.8) is 0 Å². The van der Waals surface area contributed by atoms with Crippen LogP contribution in [0.15, 0.2) is 46.6 Å². The first-order valence-electron chi connectivity index (χ1n) is 24.5. The van der Waals surface area contributed by atoms with Crippen LogP contribution in [0.3, 0.4) is 0 Å². The lowest BCUT2D eigenvalue weighted by molar-refractivity contribution is -0.890. The number of hydrogen-bond donors (Lipinski definition) is 3. The van der Waals surface area contributed by atoms with Crippen LogP contribution in [-0.4, -0.2) is 85.7 Å². The highest BCUT2D eigenvalue weighted by atomic mass is 31.2. The number of aliphatic hydroxyl groups is 1. The smallest absolute Gasteiger partial charge is 0.472 e. The summed E-state index contributed by atoms with van der Waals surface area (Å²) in [5.41, 5.74) is -2.56. The van der Waals surface area contributed by atoms with Crippen LogP contribution in [0.4, 0.5) is 13.2 Å². The second-order valence-corrected chi connectivity index (χ2v) is 19.6. The average Bonchev–Trinajstić information content (AvgIpc) is 4.06. The third-order valence-electron chi connectivity index (χ3n) is 11.9. The van der Waals surface area contributed by atoms with Gasteiger partial charge in [0.15, 0.2) is 0 Å². The van der Waals surface area contributed by atoms with Crippen LogP contribution in [0, 0.1) is 0 Å². The summed E-state index contributed by atoms with van der Waals surface area (Å²) < 4.78 is 69.5. The number of amides is 1. The Bertz CT molecular complexity index is 1440. The van der Waals surface area contributed by atoms with Crippen LogP contribution in [0.2, 0.25) is 0 Å². The highest BCUT2D eigenvalue weighted by Crippen LogP contribution is 2.52. The van der Waals surface area contributed by atoms with Gasteiger partial charge in [-0.2, -0.15) is 13.2 Å². The molecule has 364 valence electrons. The molecule has 3 atom stereocenters. The van der Waals surface area contributed by atoms with Gasteiger partial charge in [0.1, 0.15) is 32.1 Å². The van der Waals surface area contributed by atoms with Gasteiger partial charge in [-0.05, 0) is 31.4 Å². The minimum absolute atomic E-state index is 0.0780. The molecule has 0 aromatic heterocycles. The summed E-state index contributed by atoms with van der Waals surface area (Å²) in [7, 11) is -0.791. The Labute approximate surface area is 378 Å². The minimum atomic E-state index is -4.60. The summed E-state index contributed by atoms with van der Waals surface area (Å²) >= 11 is 0. The largest absolute Gasteiger partial charge is 0.488 e. The fourth-order valence-corrected chi connectivity index (χ4v) is 8.20. The maximum atomic E-state index is 13.3. The van der Waals surface area contributed by atoms with Crippen molar-refractivity contribution >= 4 is 13.7 Å². The zero-order valence-electron chi connectivity index (χ0n) is 39.4. The van der Waals surface area contributed by atoms with Crippen molar-refractivity contribution in [1.82, 2.24) is 5.32 Å². The molecule has 2 rings (SSSR count). The third kappa shape index (κ3) is 26.4. The molecule has 0 radical (unpaired) electrons. The van der Waals surface area contributed by atoms with Crippen LogP contribution in [-0.2, 0) is 24.1 Å². The molecule has 0 saturated carbocycles. The molecule has 63 heavy (non-hydrogen) atoms. The maximum Gasteiger partial charge on any atom is 0.472 e. The van der Waals surface area contributed by atoms with E-state index in [9.17, 15) is 32.5 Å². The van der Waals surface area contributed by atoms with Gasteiger partial charge in [-0.15, -0.1) is 10.2 Å². The van der Waals surface area contributed by atoms with Crippen LogP contribution < -0.4 is 10.1 Å². The van der Waals surface area contributed by atoms with Gasteiger partial charge in [0.25, 0.3) is 0 Å². The van der Waals surface area contributed by atoms with Gasteiger partial charge < -0.3 is 24.5 Å². The predicted molar refractivity (Wildman–Crippen MR) is 247 cm³/mol. The molecule has 1 unspecified atom stereocenters. The summed E-state index contributed by atoms with van der Waals surface area (Å²) in [6.45, 7) is 4.94. The van der Waals surface area contributed by atoms with Crippen molar-refractivity contribution in [2.24, 2.45) is 10.2 Å². The summed E-state index contributed by atoms with van der Waals surface area (Å²) in [4.78, 5) is 23.6. The molecule has 3 N–H and O–H groups in total. The van der Waals surface area contributed by atoms with Crippen molar-refractivity contribution in [2.45, 2.75) is 205 Å². The number of hydrogen-bond acceptors (Lipinski definition) is 8. The monoisotopic (exact) mass is 918 g/mol. The number of halogens is 3. The summed E-state index contributed by atoms with van der Waals surface area (Å²) in [6.07, 6.45) is 28.3. The van der Waals surface area contributed by atoms with Crippen molar-refractivity contribution in [2.75, 3.05) is 47.0 Å². The molecular weight excluding hydrogens is 833 g/mol. The number of phosphoric acid groups is 1. The number of phosphoric ester groups is 1. The standard InChI is InChI=1S/C48H84F3N4O7P/c1-5-7-9-11-13-15-17-19-21-23-25-27-29-31-45(56)44(52-46(57)32-30-28-26-24-22-20-18-16-14-12-10-8-6-2)41-62-63(58,59)61-40-38-55(3,4)37-39-60-43-35-33-42(34-36-43)47(53-54-47)48(49,50)51/h29,31,33-36,44-45,56H,5-28,30,32,37-41H2,1-4H3,(H-,52,57,58,59)/p+1/b31-29-/t44-,45+/m0/s1. The Balaban J connectivity index is 1.77. The second kappa shape index (κ2) is 32.3. The number of alkyl halides is 3. The van der Waals surface area contributed by atoms with Crippen molar-refractivity contribution in [3.05, 3.63) is 42.0 Å². The number of allylic oxidation sites excluding steroid dienone is 1. The van der Waals surface area contributed by atoms with Crippen molar-refractivity contribution < 1.29 is 50.8 Å². The lowest BCUT2D eigenvalue weighted by atomic mass is 10.0. The van der Waals surface area contributed by atoms with Gasteiger partial charge in [0.05, 0.1) is 32.8 Å². The lowest BCUT2D eigenvalue weighted by Gasteiger charge is -2.30. The first-order valence-corrected chi connectivity index (χ1v) is 26.0. The van der Waals surface area contributed by atoms with Crippen molar-refractivity contribution in [1.29, 1.82) is 0 Å². The summed E-state index contributed by atoms with van der Waals surface area (Å²) in [5, 5.41) is 20.4. The number of quaternary nitrogens is 1. The highest BCUT2D eigenvalue weighted by Gasteiger charge is 2.65. The summed E-state index contributed by atoms with van der Waals surface area (Å²) in [6, 6.07) is 4.53. The van der Waals surface area contributed by atoms with Gasteiger partial charge in [-0.25, -0.2) is 4.57 Å². The molecule has 0 aliphatic carbocycles. The molecule has 15 heteroatoms. The first kappa shape index (κ1) is 56.8. The predicted octanol–water partition coefficient (Wildman–Crippen LogP) is 13.0. The number of carbonyl (C=O) groups is 1. The van der Waals surface area contributed by atoms with E-state index in [0.29, 0.717) is 29.7 Å². The maximum absolute atomic E-state index is 13.3. The number of unbranched alkanes of at least 4 members (excludes halogenated alkanes) is 23. The normalized spacial score (nSPS) is 15.7. The molecule has 1 aliphatic rings. The second-order valence-electron chi connectivity index (χ2n) is 18.1. The van der Waals surface area contributed by atoms with E-state index in [0.717, 1.165) is 44.9 Å². The number of ether oxygens (including phenoxy) is 1. The molecule has 1 aromatic rings. The molecule has 0 saturated heterocycles. The van der Waals surface area contributed by atoms with E-state index in [1.807, 2.05) is 20.2 Å². The fourth-order valence-electron chi connectivity index (χ4n) is 7.47. The quantitative estimate of drug-likeness (QED) is 0.0257. The number of nitrogens with one attached hydrogen (secondary N) is 1. The number of carbonyl (C=O) groups excluding carboxylic acids is 1. The number of rotatable bonds is 41. The van der Waals surface area contributed by atoms with E-state index >= 15 is 0 Å². The molecule has 0 spiro atoms. The van der Waals surface area contributed by atoms with Crippen LogP contribution in [0.25, 0.3) is 0 Å². The van der Waals surface area contributed by atoms with E-state index in [4.69, 9.17) is 13.8 Å². The molecule has 1 amide bonds. The molecule has 0 fully saturated rings. The van der Waals surface area contributed by atoms with Gasteiger partial charge in [0.2, 0.25) is 5.91 Å². The topological polar surface area (TPSA) is 139 Å². The third-order valence-corrected chi connectivity index (χ3v) is 12.8. The molecule has 1 aromatic carbocycles. The minimum Gasteiger partial charge on any atom is -0.488 e. The number of aliphatic hydroxyl groups excluding tert-OH is 1. The number of likely N-dealkylation sites (N-methyl/N-ethyl adjacent to an activating group) is 1. The molecular formula is C48H85F3N4O7P+. The van der Waals surface area contributed by atoms with Gasteiger partial charge in [0, 0.05) is 12.0 Å². The molecule has 1 aliphatic heterocycles. The first-order chi connectivity index (χ1) is 30.1. The van der Waals surface area contributed by atoms with Crippen LogP contribution in [0.5, 0.6) is 5.75 Å². The molecule has 0 bridgehead atoms. The zero-order chi connectivity index (χ0) is 46.3. The zero-order valence-corrected chi connectivity index (χ0v) is 40.3. The van der Waals surface area contributed by atoms with Crippen molar-refractivity contribution in [3.8, 4) is 5.75 Å². The van der Waals surface area contributed by atoms with Gasteiger partial charge >= 0.3 is 19.7 Å². The Kier molecular flexibility index (Phi) is 29.1. The number of nitrogens with zero attached hydrogens (tertiary/aromatic N) is 3. The Morgan fingerprint density at radius 1 is 0.746 bits per heavy atom. The van der Waals surface area contributed by atoms with E-state index in [1.54, 1.807) is 6.08 Å². The van der Waals surface area contributed by atoms with E-state index < -0.39 is 38.4 Å².